The molecular formula is C20H17BrF2N2O3S. The summed E-state index contributed by atoms with van der Waals surface area (Å²) in [6.45, 7) is 2.12. The first kappa shape index (κ1) is 21.6. The van der Waals surface area contributed by atoms with Crippen molar-refractivity contribution < 1.29 is 18.3 Å². The zero-order valence-corrected chi connectivity index (χ0v) is 18.0. The lowest BCUT2D eigenvalue weighted by atomic mass is 10.1. The number of thioether (sulfide) groups is 1. The minimum absolute atomic E-state index is 0.207. The van der Waals surface area contributed by atoms with Gasteiger partial charge in [-0.2, -0.15) is 0 Å². The van der Waals surface area contributed by atoms with Gasteiger partial charge in [-0.15, -0.1) is 0 Å². The van der Waals surface area contributed by atoms with Crippen LogP contribution in [0.3, 0.4) is 0 Å². The summed E-state index contributed by atoms with van der Waals surface area (Å²) in [5, 5.41) is 0.0113. The van der Waals surface area contributed by atoms with E-state index in [0.717, 1.165) is 28.4 Å². The normalized spacial score (nSPS) is 12.3. The average molecular weight is 483 g/mol. The molecule has 0 spiro atoms. The number of methoxy groups -OCH3 is 1. The molecule has 1 heterocycles. The number of carbonyl (C=O) groups excluding carboxylic acids is 1. The van der Waals surface area contributed by atoms with Gasteiger partial charge in [-0.05, 0) is 37.3 Å². The summed E-state index contributed by atoms with van der Waals surface area (Å²) >= 11 is 4.39. The van der Waals surface area contributed by atoms with Crippen molar-refractivity contribution in [2.24, 2.45) is 0 Å². The maximum absolute atomic E-state index is 14.0. The van der Waals surface area contributed by atoms with E-state index in [1.807, 2.05) is 0 Å². The standard InChI is InChI=1S/C20H17BrF2N2O3S/c1-11(18(26)14-5-4-13(22)10-16(14)23)29-20-24-17-6-3-12(21)9-15(17)19(27)25(20)7-8-28-2/h3-6,9-11H,7-8H2,1-2H3. The molecule has 2 aromatic carbocycles. The van der Waals surface area contributed by atoms with Crippen molar-refractivity contribution in [3.05, 3.63) is 68.4 Å². The van der Waals surface area contributed by atoms with Gasteiger partial charge < -0.3 is 4.74 Å². The molecule has 0 N–H and O–H groups in total. The van der Waals surface area contributed by atoms with Gasteiger partial charge in [0, 0.05) is 17.6 Å². The first-order chi connectivity index (χ1) is 13.8. The summed E-state index contributed by atoms with van der Waals surface area (Å²) in [6, 6.07) is 7.99. The average Bonchev–Trinajstić information content (AvgIpc) is 2.68. The van der Waals surface area contributed by atoms with Crippen LogP contribution in [-0.4, -0.2) is 34.3 Å². The Hall–Kier alpha value is -2.10. The largest absolute Gasteiger partial charge is 0.383 e. The topological polar surface area (TPSA) is 61.2 Å². The lowest BCUT2D eigenvalue weighted by Gasteiger charge is -2.16. The molecule has 0 bridgehead atoms. The molecule has 0 saturated heterocycles. The molecule has 1 aromatic heterocycles. The van der Waals surface area contributed by atoms with Crippen molar-refractivity contribution in [2.45, 2.75) is 23.9 Å². The second-order valence-corrected chi connectivity index (χ2v) is 8.48. The molecule has 0 saturated carbocycles. The number of ketones is 1. The fourth-order valence-electron chi connectivity index (χ4n) is 2.76. The van der Waals surface area contributed by atoms with E-state index in [-0.39, 0.29) is 24.3 Å². The Labute approximate surface area is 178 Å². The summed E-state index contributed by atoms with van der Waals surface area (Å²) in [4.78, 5) is 30.2. The second kappa shape index (κ2) is 9.15. The Morgan fingerprint density at radius 2 is 2.03 bits per heavy atom. The number of nitrogens with zero attached hydrogens (tertiary/aromatic N) is 2. The summed E-state index contributed by atoms with van der Waals surface area (Å²) < 4.78 is 34.4. The number of fused-ring (bicyclic) bond motifs is 1. The SMILES string of the molecule is COCCn1c(SC(C)C(=O)c2ccc(F)cc2F)nc2ccc(Br)cc2c1=O. The molecule has 3 aromatic rings. The molecule has 29 heavy (non-hydrogen) atoms. The van der Waals surface area contributed by atoms with Crippen LogP contribution < -0.4 is 5.56 Å². The molecule has 0 fully saturated rings. The highest BCUT2D eigenvalue weighted by molar-refractivity contribution is 9.10. The van der Waals surface area contributed by atoms with E-state index >= 15 is 0 Å². The lowest BCUT2D eigenvalue weighted by Crippen LogP contribution is -2.26. The number of hydrogen-bond acceptors (Lipinski definition) is 5. The van der Waals surface area contributed by atoms with E-state index < -0.39 is 22.7 Å². The molecule has 1 atom stereocenters. The highest BCUT2D eigenvalue weighted by atomic mass is 79.9. The molecule has 9 heteroatoms. The molecule has 0 radical (unpaired) electrons. The molecule has 0 aliphatic carbocycles. The Bertz CT molecular complexity index is 1140. The van der Waals surface area contributed by atoms with Crippen LogP contribution in [-0.2, 0) is 11.3 Å². The van der Waals surface area contributed by atoms with Gasteiger partial charge in [-0.1, -0.05) is 27.7 Å². The zero-order chi connectivity index (χ0) is 21.1. The first-order valence-corrected chi connectivity index (χ1v) is 10.3. The molecule has 0 amide bonds. The Balaban J connectivity index is 2.00. The maximum Gasteiger partial charge on any atom is 0.262 e. The molecular weight excluding hydrogens is 466 g/mol. The maximum atomic E-state index is 14.0. The lowest BCUT2D eigenvalue weighted by molar-refractivity contribution is 0.0990. The van der Waals surface area contributed by atoms with Gasteiger partial charge >= 0.3 is 0 Å². The van der Waals surface area contributed by atoms with Gasteiger partial charge in [0.25, 0.3) is 5.56 Å². The van der Waals surface area contributed by atoms with Crippen LogP contribution in [0.2, 0.25) is 0 Å². The predicted molar refractivity (Wildman–Crippen MR) is 112 cm³/mol. The van der Waals surface area contributed by atoms with Crippen LogP contribution in [0.5, 0.6) is 0 Å². The Morgan fingerprint density at radius 1 is 1.28 bits per heavy atom. The van der Waals surface area contributed by atoms with Crippen LogP contribution in [0.4, 0.5) is 8.78 Å². The smallest absolute Gasteiger partial charge is 0.262 e. The first-order valence-electron chi connectivity index (χ1n) is 8.66. The van der Waals surface area contributed by atoms with Crippen molar-refractivity contribution in [2.75, 3.05) is 13.7 Å². The number of hydrogen-bond donors (Lipinski definition) is 0. The second-order valence-electron chi connectivity index (χ2n) is 6.25. The zero-order valence-electron chi connectivity index (χ0n) is 15.6. The monoisotopic (exact) mass is 482 g/mol. The van der Waals surface area contributed by atoms with Crippen LogP contribution >= 0.6 is 27.7 Å². The van der Waals surface area contributed by atoms with Gasteiger partial charge in [0.2, 0.25) is 0 Å². The van der Waals surface area contributed by atoms with Gasteiger partial charge in [0.1, 0.15) is 11.6 Å². The van der Waals surface area contributed by atoms with Crippen molar-refractivity contribution in [1.29, 1.82) is 0 Å². The van der Waals surface area contributed by atoms with E-state index in [4.69, 9.17) is 4.74 Å². The van der Waals surface area contributed by atoms with Gasteiger partial charge in [-0.25, -0.2) is 13.8 Å². The Morgan fingerprint density at radius 3 is 2.72 bits per heavy atom. The van der Waals surface area contributed by atoms with Crippen LogP contribution in [0.25, 0.3) is 10.9 Å². The Kier molecular flexibility index (Phi) is 6.81. The third-order valence-corrected chi connectivity index (χ3v) is 5.83. The number of aromatic nitrogens is 2. The van der Waals surface area contributed by atoms with Crippen LogP contribution in [0.1, 0.15) is 17.3 Å². The molecule has 1 unspecified atom stereocenters. The minimum Gasteiger partial charge on any atom is -0.383 e. The number of halogens is 3. The third kappa shape index (κ3) is 4.73. The van der Waals surface area contributed by atoms with E-state index in [0.29, 0.717) is 22.1 Å². The quantitative estimate of drug-likeness (QED) is 0.283. The fourth-order valence-corrected chi connectivity index (χ4v) is 4.13. The van der Waals surface area contributed by atoms with E-state index in [1.165, 1.54) is 11.7 Å². The van der Waals surface area contributed by atoms with Crippen molar-refractivity contribution in [1.82, 2.24) is 9.55 Å². The highest BCUT2D eigenvalue weighted by Gasteiger charge is 2.23. The minimum atomic E-state index is -0.921. The molecule has 0 aliphatic heterocycles. The summed E-state index contributed by atoms with van der Waals surface area (Å²) in [5.41, 5.74) is 0.0207. The summed E-state index contributed by atoms with van der Waals surface area (Å²) in [5.74, 6) is -2.19. The highest BCUT2D eigenvalue weighted by Crippen LogP contribution is 2.26. The van der Waals surface area contributed by atoms with Crippen LogP contribution in [0.15, 0.2) is 50.8 Å². The van der Waals surface area contributed by atoms with E-state index in [2.05, 4.69) is 20.9 Å². The van der Waals surface area contributed by atoms with E-state index in [9.17, 15) is 18.4 Å². The van der Waals surface area contributed by atoms with Crippen molar-refractivity contribution >= 4 is 44.4 Å². The summed E-state index contributed by atoms with van der Waals surface area (Å²) in [6.07, 6.45) is 0. The number of benzene rings is 2. The van der Waals surface area contributed by atoms with Gasteiger partial charge in [-0.3, -0.25) is 14.2 Å². The van der Waals surface area contributed by atoms with Crippen LogP contribution in [0, 0.1) is 11.6 Å². The molecule has 0 aliphatic rings. The van der Waals surface area contributed by atoms with Crippen molar-refractivity contribution in [3.8, 4) is 0 Å². The number of carbonyl (C=O) groups is 1. The van der Waals surface area contributed by atoms with Crippen molar-refractivity contribution in [3.63, 3.8) is 0 Å². The van der Waals surface area contributed by atoms with E-state index in [1.54, 1.807) is 25.1 Å². The van der Waals surface area contributed by atoms with Gasteiger partial charge in [0.05, 0.1) is 34.9 Å². The fraction of sp³-hybridized carbons (Fsp3) is 0.250. The number of rotatable bonds is 7. The summed E-state index contributed by atoms with van der Waals surface area (Å²) in [7, 11) is 1.52. The molecule has 5 nitrogen and oxygen atoms in total. The third-order valence-electron chi connectivity index (χ3n) is 4.25. The molecule has 152 valence electrons. The number of ether oxygens (including phenoxy) is 1. The predicted octanol–water partition coefficient (Wildman–Crippen LogP) is 4.45. The number of Topliss-reactive ketones (excluding diaryl/α,β-unsaturated/α-hetero) is 1. The molecule has 3 rings (SSSR count). The van der Waals surface area contributed by atoms with Gasteiger partial charge in [0.15, 0.2) is 10.9 Å².